The van der Waals surface area contributed by atoms with Gasteiger partial charge in [0.05, 0.1) is 16.8 Å². The summed E-state index contributed by atoms with van der Waals surface area (Å²) < 4.78 is 0. The molecule has 3 aromatic rings. The van der Waals surface area contributed by atoms with Crippen LogP contribution >= 0.6 is 0 Å². The van der Waals surface area contributed by atoms with E-state index in [1.54, 1.807) is 36.4 Å². The Morgan fingerprint density at radius 3 is 2.07 bits per heavy atom. The maximum Gasteiger partial charge on any atom is 0.196 e. The van der Waals surface area contributed by atoms with Crippen molar-refractivity contribution >= 4 is 28.6 Å². The maximum atomic E-state index is 13.1. The average Bonchev–Trinajstić information content (AvgIpc) is 2.69. The molecule has 0 fully saturated rings. The fourth-order valence-corrected chi connectivity index (χ4v) is 3.39. The van der Waals surface area contributed by atoms with Gasteiger partial charge in [0.2, 0.25) is 0 Å². The summed E-state index contributed by atoms with van der Waals surface area (Å²) in [6.07, 6.45) is 0.585. The van der Waals surface area contributed by atoms with Crippen LogP contribution in [-0.2, 0) is 6.42 Å². The van der Waals surface area contributed by atoms with Crippen molar-refractivity contribution in [2.45, 2.75) is 6.42 Å². The number of rotatable bonds is 4. The number of hydrogen-bond acceptors (Lipinski definition) is 5. The highest BCUT2D eigenvalue weighted by atomic mass is 16.3. The normalized spacial score (nSPS) is 12.5. The van der Waals surface area contributed by atoms with Crippen LogP contribution in [0.4, 0.5) is 17.1 Å². The minimum Gasteiger partial charge on any atom is -0.398 e. The minimum absolute atomic E-state index is 0.0915. The van der Waals surface area contributed by atoms with E-state index in [9.17, 15) is 9.59 Å². The molecule has 0 aliphatic heterocycles. The number of anilines is 3. The van der Waals surface area contributed by atoms with Crippen LogP contribution in [0.15, 0.2) is 60.7 Å². The van der Waals surface area contributed by atoms with Crippen LogP contribution in [0.2, 0.25) is 0 Å². The molecule has 1 aliphatic carbocycles. The van der Waals surface area contributed by atoms with E-state index < -0.39 is 0 Å². The van der Waals surface area contributed by atoms with Crippen LogP contribution in [-0.4, -0.2) is 23.3 Å². The standard InChI is InChI=1S/C22H18N2O3/c23-17-9-10-18(24-14-7-5-13(6-8-14)11-12-25)20-19(17)21(26)15-3-1-2-4-16(15)22(20)27/h1-10,24-25H,11-12,23H2. The van der Waals surface area contributed by atoms with Gasteiger partial charge in [0, 0.05) is 29.1 Å². The molecule has 0 aromatic heterocycles. The smallest absolute Gasteiger partial charge is 0.196 e. The van der Waals surface area contributed by atoms with Crippen LogP contribution in [0, 0.1) is 0 Å². The number of benzene rings is 3. The van der Waals surface area contributed by atoms with Crippen molar-refractivity contribution in [3.63, 3.8) is 0 Å². The fourth-order valence-electron chi connectivity index (χ4n) is 3.39. The first-order valence-electron chi connectivity index (χ1n) is 8.68. The predicted octanol–water partition coefficient (Wildman–Crippen LogP) is 3.32. The zero-order valence-corrected chi connectivity index (χ0v) is 14.5. The van der Waals surface area contributed by atoms with Gasteiger partial charge < -0.3 is 16.2 Å². The first kappa shape index (κ1) is 17.0. The van der Waals surface area contributed by atoms with Gasteiger partial charge in [-0.3, -0.25) is 9.59 Å². The molecule has 0 unspecified atom stereocenters. The van der Waals surface area contributed by atoms with Crippen LogP contribution in [0.25, 0.3) is 0 Å². The number of ketones is 2. The Bertz CT molecular complexity index is 1060. The Kier molecular flexibility index (Phi) is 4.22. The van der Waals surface area contributed by atoms with Crippen LogP contribution < -0.4 is 11.1 Å². The molecule has 0 saturated carbocycles. The second kappa shape index (κ2) is 6.70. The van der Waals surface area contributed by atoms with E-state index in [4.69, 9.17) is 10.8 Å². The summed E-state index contributed by atoms with van der Waals surface area (Å²) in [6, 6.07) is 17.7. The number of nitrogen functional groups attached to an aromatic ring is 1. The number of hydrogen-bond donors (Lipinski definition) is 3. The van der Waals surface area contributed by atoms with E-state index in [0.717, 1.165) is 11.3 Å². The molecule has 1 aliphatic rings. The lowest BCUT2D eigenvalue weighted by Crippen LogP contribution is -2.23. The second-order valence-corrected chi connectivity index (χ2v) is 6.45. The molecule has 0 atom stereocenters. The topological polar surface area (TPSA) is 92.4 Å². The zero-order valence-electron chi connectivity index (χ0n) is 14.5. The molecule has 0 bridgehead atoms. The number of carbonyl (C=O) groups excluding carboxylic acids is 2. The first-order chi connectivity index (χ1) is 13.1. The van der Waals surface area contributed by atoms with Crippen LogP contribution in [0.1, 0.15) is 37.4 Å². The van der Waals surface area contributed by atoms with Gasteiger partial charge in [-0.15, -0.1) is 0 Å². The Morgan fingerprint density at radius 1 is 0.815 bits per heavy atom. The number of nitrogens with two attached hydrogens (primary N) is 1. The molecule has 0 heterocycles. The van der Waals surface area contributed by atoms with Crippen molar-refractivity contribution in [2.75, 3.05) is 17.7 Å². The Labute approximate surface area is 156 Å². The van der Waals surface area contributed by atoms with Gasteiger partial charge in [0.25, 0.3) is 0 Å². The van der Waals surface area contributed by atoms with Crippen molar-refractivity contribution in [2.24, 2.45) is 0 Å². The van der Waals surface area contributed by atoms with Gasteiger partial charge in [0.1, 0.15) is 0 Å². The monoisotopic (exact) mass is 358 g/mol. The third-order valence-electron chi connectivity index (χ3n) is 4.74. The van der Waals surface area contributed by atoms with Crippen molar-refractivity contribution < 1.29 is 14.7 Å². The second-order valence-electron chi connectivity index (χ2n) is 6.45. The van der Waals surface area contributed by atoms with Gasteiger partial charge in [-0.25, -0.2) is 0 Å². The molecular formula is C22H18N2O3. The Balaban J connectivity index is 1.78. The number of fused-ring (bicyclic) bond motifs is 2. The van der Waals surface area contributed by atoms with Crippen molar-refractivity contribution in [3.8, 4) is 0 Å². The molecule has 3 aromatic carbocycles. The quantitative estimate of drug-likeness (QED) is 0.487. The lowest BCUT2D eigenvalue weighted by atomic mass is 9.82. The van der Waals surface area contributed by atoms with Gasteiger partial charge in [-0.05, 0) is 36.2 Å². The number of aliphatic hydroxyl groups is 1. The lowest BCUT2D eigenvalue weighted by molar-refractivity contribution is 0.0980. The molecule has 0 spiro atoms. The largest absolute Gasteiger partial charge is 0.398 e. The first-order valence-corrected chi connectivity index (χ1v) is 8.68. The third-order valence-corrected chi connectivity index (χ3v) is 4.74. The van der Waals surface area contributed by atoms with Gasteiger partial charge >= 0.3 is 0 Å². The highest BCUT2D eigenvalue weighted by molar-refractivity contribution is 6.31. The number of nitrogens with one attached hydrogen (secondary N) is 1. The molecule has 27 heavy (non-hydrogen) atoms. The summed E-state index contributed by atoms with van der Waals surface area (Å²) in [6.45, 7) is 0.0915. The Hall–Kier alpha value is -3.44. The number of aliphatic hydroxyl groups excluding tert-OH is 1. The van der Waals surface area contributed by atoms with E-state index in [0.29, 0.717) is 34.5 Å². The summed E-state index contributed by atoms with van der Waals surface area (Å²) >= 11 is 0. The third kappa shape index (κ3) is 2.88. The zero-order chi connectivity index (χ0) is 19.0. The molecule has 134 valence electrons. The highest BCUT2D eigenvalue weighted by Crippen LogP contribution is 2.36. The molecule has 5 heteroatoms. The molecule has 4 N–H and O–H groups in total. The molecule has 0 radical (unpaired) electrons. The van der Waals surface area contributed by atoms with Crippen molar-refractivity contribution in [3.05, 3.63) is 88.5 Å². The predicted molar refractivity (Wildman–Crippen MR) is 105 cm³/mol. The molecular weight excluding hydrogens is 340 g/mol. The fraction of sp³-hybridized carbons (Fsp3) is 0.0909. The van der Waals surface area contributed by atoms with Crippen molar-refractivity contribution in [1.29, 1.82) is 0 Å². The van der Waals surface area contributed by atoms with E-state index >= 15 is 0 Å². The molecule has 5 nitrogen and oxygen atoms in total. The van der Waals surface area contributed by atoms with Crippen LogP contribution in [0.5, 0.6) is 0 Å². The van der Waals surface area contributed by atoms with Gasteiger partial charge in [0.15, 0.2) is 11.6 Å². The summed E-state index contributed by atoms with van der Waals surface area (Å²) in [4.78, 5) is 26.0. The van der Waals surface area contributed by atoms with Gasteiger partial charge in [-0.1, -0.05) is 36.4 Å². The SMILES string of the molecule is Nc1ccc(Nc2ccc(CCO)cc2)c2c1C(=O)c1ccccc1C2=O. The summed E-state index contributed by atoms with van der Waals surface area (Å²) in [7, 11) is 0. The lowest BCUT2D eigenvalue weighted by Gasteiger charge is -2.22. The average molecular weight is 358 g/mol. The van der Waals surface area contributed by atoms with Crippen LogP contribution in [0.3, 0.4) is 0 Å². The molecule has 0 amide bonds. The molecule has 0 saturated heterocycles. The van der Waals surface area contributed by atoms with Crippen molar-refractivity contribution in [1.82, 2.24) is 0 Å². The maximum absolute atomic E-state index is 13.1. The minimum atomic E-state index is -0.236. The van der Waals surface area contributed by atoms with E-state index in [2.05, 4.69) is 5.32 Å². The highest BCUT2D eigenvalue weighted by Gasteiger charge is 2.33. The van der Waals surface area contributed by atoms with E-state index in [1.807, 2.05) is 24.3 Å². The Morgan fingerprint density at radius 2 is 1.44 bits per heavy atom. The van der Waals surface area contributed by atoms with E-state index in [-0.39, 0.29) is 23.7 Å². The summed E-state index contributed by atoms with van der Waals surface area (Å²) in [5.41, 5.74) is 10.0. The molecule has 4 rings (SSSR count). The summed E-state index contributed by atoms with van der Waals surface area (Å²) in [5, 5.41) is 12.2. The number of carbonyl (C=O) groups is 2. The van der Waals surface area contributed by atoms with E-state index in [1.165, 1.54) is 0 Å². The van der Waals surface area contributed by atoms with Gasteiger partial charge in [-0.2, -0.15) is 0 Å². The summed E-state index contributed by atoms with van der Waals surface area (Å²) in [5.74, 6) is -0.452.